The number of alkyl halides is 4. The minimum Gasteiger partial charge on any atom is -0.428 e. The quantitative estimate of drug-likeness (QED) is 0.358. The average molecular weight is 455 g/mol. The lowest BCUT2D eigenvalue weighted by molar-refractivity contribution is -0.253. The van der Waals surface area contributed by atoms with Gasteiger partial charge in [0.05, 0.1) is 11.4 Å². The summed E-state index contributed by atoms with van der Waals surface area (Å²) in [5.74, 6) is -0.432. The Kier molecular flexibility index (Phi) is 6.84. The summed E-state index contributed by atoms with van der Waals surface area (Å²) >= 11 is 0. The van der Waals surface area contributed by atoms with Gasteiger partial charge in [-0.15, -0.1) is 11.1 Å². The number of urea groups is 1. The summed E-state index contributed by atoms with van der Waals surface area (Å²) in [6.07, 6.45) is -8.56. The van der Waals surface area contributed by atoms with Crippen LogP contribution >= 0.6 is 0 Å². The molecule has 0 radical (unpaired) electrons. The number of amides is 2. The van der Waals surface area contributed by atoms with Gasteiger partial charge in [0, 0.05) is 18.2 Å². The Balaban J connectivity index is 1.73. The first-order valence-electron chi connectivity index (χ1n) is 9.39. The van der Waals surface area contributed by atoms with E-state index in [1.165, 1.54) is 16.1 Å². The molecule has 2 amide bonds. The van der Waals surface area contributed by atoms with Crippen LogP contribution in [-0.4, -0.2) is 36.3 Å². The molecule has 2 N–H and O–H groups in total. The maximum Gasteiger partial charge on any atom is 0.461 e. The molecule has 32 heavy (non-hydrogen) atoms. The van der Waals surface area contributed by atoms with Crippen molar-refractivity contribution < 1.29 is 31.9 Å². The number of hydrazine groups is 3. The number of ether oxygens (including phenoxy) is 1. The zero-order chi connectivity index (χ0) is 23.5. The molecule has 0 aromatic heterocycles. The molecule has 12 heteroatoms. The monoisotopic (exact) mass is 455 g/mol. The molecule has 0 atom stereocenters. The standard InChI is InChI=1S/C20H21F4N5O3/c1-12-6-4-9-17(29-19(30)28(3)26-27-29)16(12)11-31-25-13(2)14-7-5-8-15(10-14)32-20(23,24)18(21)22/h4-10,18,26-27H,11H2,1-3H3. The molecule has 3 rings (SSSR count). The highest BCUT2D eigenvalue weighted by Crippen LogP contribution is 2.28. The van der Waals surface area contributed by atoms with E-state index in [1.807, 2.05) is 13.0 Å². The molecule has 1 aliphatic heterocycles. The van der Waals surface area contributed by atoms with Crippen molar-refractivity contribution in [2.24, 2.45) is 5.16 Å². The molecule has 172 valence electrons. The number of carbonyl (C=O) groups excluding carboxylic acids is 1. The lowest BCUT2D eigenvalue weighted by atomic mass is 10.1. The maximum atomic E-state index is 13.1. The first kappa shape index (κ1) is 23.3. The third kappa shape index (κ3) is 5.08. The molecule has 0 unspecified atom stereocenters. The van der Waals surface area contributed by atoms with Crippen molar-refractivity contribution >= 4 is 17.4 Å². The Morgan fingerprint density at radius 1 is 1.19 bits per heavy atom. The number of nitrogens with zero attached hydrogens (tertiary/aromatic N) is 3. The number of oxime groups is 1. The molecular formula is C20H21F4N5O3. The van der Waals surface area contributed by atoms with E-state index in [2.05, 4.69) is 21.0 Å². The highest BCUT2D eigenvalue weighted by molar-refractivity contribution is 5.98. The first-order valence-corrected chi connectivity index (χ1v) is 9.39. The summed E-state index contributed by atoms with van der Waals surface area (Å²) < 4.78 is 55.1. The number of hydrogen-bond donors (Lipinski definition) is 2. The number of aryl methyl sites for hydroxylation is 1. The van der Waals surface area contributed by atoms with Gasteiger partial charge in [-0.25, -0.2) is 14.8 Å². The van der Waals surface area contributed by atoms with Gasteiger partial charge in [0.2, 0.25) is 0 Å². The zero-order valence-electron chi connectivity index (χ0n) is 17.4. The minimum atomic E-state index is -4.61. The number of benzene rings is 2. The van der Waals surface area contributed by atoms with E-state index in [9.17, 15) is 22.4 Å². The lowest BCUT2D eigenvalue weighted by Crippen LogP contribution is -2.38. The number of halogens is 4. The highest BCUT2D eigenvalue weighted by atomic mass is 19.3. The van der Waals surface area contributed by atoms with Gasteiger partial charge in [0.25, 0.3) is 0 Å². The maximum absolute atomic E-state index is 13.1. The Morgan fingerprint density at radius 2 is 1.91 bits per heavy atom. The van der Waals surface area contributed by atoms with Gasteiger partial charge in [-0.05, 0) is 37.6 Å². The van der Waals surface area contributed by atoms with E-state index in [4.69, 9.17) is 4.84 Å². The Bertz CT molecular complexity index is 1020. The fourth-order valence-electron chi connectivity index (χ4n) is 2.85. The van der Waals surface area contributed by atoms with Crippen LogP contribution in [-0.2, 0) is 11.4 Å². The topological polar surface area (TPSA) is 78.4 Å². The third-order valence-corrected chi connectivity index (χ3v) is 4.60. The molecule has 1 saturated heterocycles. The summed E-state index contributed by atoms with van der Waals surface area (Å²) in [5, 5.41) is 6.56. The summed E-state index contributed by atoms with van der Waals surface area (Å²) in [4.78, 5) is 17.7. The van der Waals surface area contributed by atoms with Crippen LogP contribution in [0, 0.1) is 6.92 Å². The number of rotatable bonds is 8. The van der Waals surface area contributed by atoms with E-state index in [-0.39, 0.29) is 12.6 Å². The number of carbonyl (C=O) groups is 1. The number of hydrogen-bond acceptors (Lipinski definition) is 6. The van der Waals surface area contributed by atoms with Crippen molar-refractivity contribution in [2.75, 3.05) is 12.1 Å². The second-order valence-electron chi connectivity index (χ2n) is 6.92. The van der Waals surface area contributed by atoms with Crippen molar-refractivity contribution in [2.45, 2.75) is 33.0 Å². The van der Waals surface area contributed by atoms with Crippen molar-refractivity contribution in [1.29, 1.82) is 0 Å². The molecule has 1 fully saturated rings. The van der Waals surface area contributed by atoms with Crippen molar-refractivity contribution in [3.8, 4) is 5.75 Å². The Hall–Kier alpha value is -3.38. The fraction of sp³-hybridized carbons (Fsp3) is 0.300. The van der Waals surface area contributed by atoms with E-state index in [1.54, 1.807) is 32.2 Å². The molecular weight excluding hydrogens is 434 g/mol. The molecule has 0 bridgehead atoms. The van der Waals surface area contributed by atoms with Gasteiger partial charge < -0.3 is 9.57 Å². The second kappa shape index (κ2) is 9.40. The fourth-order valence-corrected chi connectivity index (χ4v) is 2.85. The van der Waals surface area contributed by atoms with Gasteiger partial charge in [-0.2, -0.15) is 17.6 Å². The SMILES string of the molecule is CC(=NOCc1c(C)cccc1N1NNN(C)C1=O)c1cccc(OC(F)(F)C(F)F)c1. The van der Waals surface area contributed by atoms with Crippen LogP contribution in [0.4, 0.5) is 28.0 Å². The van der Waals surface area contributed by atoms with E-state index in [0.29, 0.717) is 22.5 Å². The van der Waals surface area contributed by atoms with E-state index >= 15 is 0 Å². The summed E-state index contributed by atoms with van der Waals surface area (Å²) in [6.45, 7) is 3.42. The molecule has 0 aliphatic carbocycles. The Morgan fingerprint density at radius 3 is 2.56 bits per heavy atom. The van der Waals surface area contributed by atoms with Gasteiger partial charge in [0.1, 0.15) is 12.4 Å². The van der Waals surface area contributed by atoms with Crippen LogP contribution in [0.1, 0.15) is 23.6 Å². The van der Waals surface area contributed by atoms with Crippen LogP contribution in [0.15, 0.2) is 47.6 Å². The lowest BCUT2D eigenvalue weighted by Gasteiger charge is -2.19. The molecule has 0 spiro atoms. The normalized spacial score (nSPS) is 15.0. The van der Waals surface area contributed by atoms with Crippen LogP contribution in [0.2, 0.25) is 0 Å². The van der Waals surface area contributed by atoms with Crippen LogP contribution in [0.5, 0.6) is 5.75 Å². The van der Waals surface area contributed by atoms with Crippen molar-refractivity contribution in [1.82, 2.24) is 16.1 Å². The predicted octanol–water partition coefficient (Wildman–Crippen LogP) is 3.97. The summed E-state index contributed by atoms with van der Waals surface area (Å²) in [6, 6.07) is 10.3. The predicted molar refractivity (Wildman–Crippen MR) is 108 cm³/mol. The molecule has 2 aromatic rings. The first-order chi connectivity index (χ1) is 15.1. The van der Waals surface area contributed by atoms with E-state index < -0.39 is 18.3 Å². The molecule has 1 heterocycles. The number of nitrogens with one attached hydrogen (secondary N) is 2. The van der Waals surface area contributed by atoms with E-state index in [0.717, 1.165) is 17.7 Å². The molecule has 2 aromatic carbocycles. The zero-order valence-corrected chi connectivity index (χ0v) is 17.4. The summed E-state index contributed by atoms with van der Waals surface area (Å²) in [5.41, 5.74) is 8.16. The molecule has 8 nitrogen and oxygen atoms in total. The van der Waals surface area contributed by atoms with Crippen LogP contribution < -0.4 is 20.8 Å². The van der Waals surface area contributed by atoms with Gasteiger partial charge in [-0.1, -0.05) is 29.4 Å². The second-order valence-corrected chi connectivity index (χ2v) is 6.92. The molecule has 1 aliphatic rings. The summed E-state index contributed by atoms with van der Waals surface area (Å²) in [7, 11) is 1.56. The van der Waals surface area contributed by atoms with Gasteiger partial charge in [-0.3, -0.25) is 0 Å². The largest absolute Gasteiger partial charge is 0.461 e. The minimum absolute atomic E-state index is 0.00810. The smallest absolute Gasteiger partial charge is 0.428 e. The number of anilines is 1. The van der Waals surface area contributed by atoms with Gasteiger partial charge >= 0.3 is 18.6 Å². The van der Waals surface area contributed by atoms with Crippen LogP contribution in [0.25, 0.3) is 0 Å². The van der Waals surface area contributed by atoms with Gasteiger partial charge in [0.15, 0.2) is 0 Å². The van der Waals surface area contributed by atoms with Crippen LogP contribution in [0.3, 0.4) is 0 Å². The third-order valence-electron chi connectivity index (χ3n) is 4.60. The highest BCUT2D eigenvalue weighted by Gasteiger charge is 2.44. The van der Waals surface area contributed by atoms with Crippen molar-refractivity contribution in [3.05, 3.63) is 59.2 Å². The molecule has 0 saturated carbocycles. The average Bonchev–Trinajstić information content (AvgIpc) is 3.07. The Labute approximate surface area is 181 Å². The van der Waals surface area contributed by atoms with Crippen molar-refractivity contribution in [3.63, 3.8) is 0 Å².